The molecule has 4 fully saturated rings. The first-order valence-corrected chi connectivity index (χ1v) is 11.2. The molecule has 7 unspecified atom stereocenters. The number of fused-ring (bicyclic) bond motifs is 4. The highest BCUT2D eigenvalue weighted by Gasteiger charge is 2.72. The zero-order valence-corrected chi connectivity index (χ0v) is 18.9. The van der Waals surface area contributed by atoms with E-state index in [-0.39, 0.29) is 29.8 Å². The minimum Gasteiger partial charge on any atom is -0.462 e. The van der Waals surface area contributed by atoms with Crippen molar-refractivity contribution in [3.05, 3.63) is 24.3 Å². The molecule has 2 aliphatic heterocycles. The Hall–Kier alpha value is -2.19. The van der Waals surface area contributed by atoms with Crippen molar-refractivity contribution in [3.63, 3.8) is 0 Å². The van der Waals surface area contributed by atoms with Gasteiger partial charge in [-0.3, -0.25) is 4.79 Å². The lowest BCUT2D eigenvalue weighted by Crippen LogP contribution is -2.63. The monoisotopic (exact) mass is 448 g/mol. The van der Waals surface area contributed by atoms with Gasteiger partial charge < -0.3 is 24.1 Å². The fraction of sp³-hybridized carbons (Fsp3) is 0.708. The van der Waals surface area contributed by atoms with Gasteiger partial charge in [0.25, 0.3) is 0 Å². The number of aliphatic hydroxyl groups is 1. The number of carbonyl (C=O) groups excluding carboxylic acids is 3. The van der Waals surface area contributed by atoms with E-state index in [2.05, 4.69) is 13.2 Å². The summed E-state index contributed by atoms with van der Waals surface area (Å²) in [5.41, 5.74) is -0.841. The first kappa shape index (κ1) is 23.0. The summed E-state index contributed by atoms with van der Waals surface area (Å²) in [6.45, 7) is 13.4. The molecule has 1 spiro atoms. The van der Waals surface area contributed by atoms with Gasteiger partial charge in [0, 0.05) is 23.3 Å². The van der Waals surface area contributed by atoms with Crippen molar-refractivity contribution < 1.29 is 38.4 Å². The van der Waals surface area contributed by atoms with Crippen LogP contribution in [0.4, 0.5) is 0 Å². The smallest absolute Gasteiger partial charge is 0.336 e. The van der Waals surface area contributed by atoms with Crippen molar-refractivity contribution in [3.8, 4) is 0 Å². The lowest BCUT2D eigenvalue weighted by atomic mass is 9.51. The molecule has 8 nitrogen and oxygen atoms in total. The fourth-order valence-electron chi connectivity index (χ4n) is 6.03. The van der Waals surface area contributed by atoms with Gasteiger partial charge in [-0.25, -0.2) is 9.59 Å². The van der Waals surface area contributed by atoms with Crippen LogP contribution in [0, 0.1) is 23.2 Å². The molecule has 0 aromatic carbocycles. The van der Waals surface area contributed by atoms with Gasteiger partial charge >= 0.3 is 17.9 Å². The van der Waals surface area contributed by atoms with Crippen molar-refractivity contribution in [2.45, 2.75) is 70.4 Å². The number of rotatable bonds is 6. The van der Waals surface area contributed by atoms with Crippen molar-refractivity contribution in [1.82, 2.24) is 0 Å². The summed E-state index contributed by atoms with van der Waals surface area (Å²) in [6, 6.07) is 0. The van der Waals surface area contributed by atoms with Crippen LogP contribution >= 0.6 is 0 Å². The predicted octanol–water partition coefficient (Wildman–Crippen LogP) is 2.09. The van der Waals surface area contributed by atoms with Crippen LogP contribution in [-0.2, 0) is 33.3 Å². The van der Waals surface area contributed by atoms with Gasteiger partial charge in [0.2, 0.25) is 0 Å². The molecule has 4 aliphatic rings. The lowest BCUT2D eigenvalue weighted by Gasteiger charge is -2.56. The molecular weight excluding hydrogens is 416 g/mol. The van der Waals surface area contributed by atoms with Gasteiger partial charge in [-0.1, -0.05) is 33.9 Å². The molecule has 2 heterocycles. The third kappa shape index (κ3) is 3.67. The Bertz CT molecular complexity index is 856. The zero-order chi connectivity index (χ0) is 23.4. The topological polar surface area (TPSA) is 112 Å². The zero-order valence-electron chi connectivity index (χ0n) is 18.9. The molecule has 0 amide bonds. The van der Waals surface area contributed by atoms with E-state index < -0.39 is 53.8 Å². The van der Waals surface area contributed by atoms with Gasteiger partial charge in [0.15, 0.2) is 0 Å². The van der Waals surface area contributed by atoms with Gasteiger partial charge in [-0.05, 0) is 25.2 Å². The molecule has 2 saturated heterocycles. The maximum atomic E-state index is 12.6. The average molecular weight is 449 g/mol. The Morgan fingerprint density at radius 1 is 1.31 bits per heavy atom. The first-order valence-electron chi connectivity index (χ1n) is 11.2. The van der Waals surface area contributed by atoms with E-state index in [4.69, 9.17) is 18.9 Å². The number of aliphatic hydroxyl groups excluding tert-OH is 1. The highest BCUT2D eigenvalue weighted by atomic mass is 16.6. The Morgan fingerprint density at radius 3 is 2.59 bits per heavy atom. The van der Waals surface area contributed by atoms with Crippen LogP contribution in [0.5, 0.6) is 0 Å². The number of esters is 3. The van der Waals surface area contributed by atoms with Gasteiger partial charge in [-0.15, -0.1) is 0 Å². The van der Waals surface area contributed by atoms with Crippen LogP contribution in [0.2, 0.25) is 0 Å². The number of carbonyl (C=O) groups is 3. The third-order valence-electron chi connectivity index (χ3n) is 7.58. The molecule has 4 rings (SSSR count). The average Bonchev–Trinajstić information content (AvgIpc) is 3.41. The molecule has 32 heavy (non-hydrogen) atoms. The first-order chi connectivity index (χ1) is 15.0. The van der Waals surface area contributed by atoms with Crippen molar-refractivity contribution in [1.29, 1.82) is 0 Å². The summed E-state index contributed by atoms with van der Waals surface area (Å²) in [7, 11) is 0. The molecule has 7 atom stereocenters. The summed E-state index contributed by atoms with van der Waals surface area (Å²) >= 11 is 0. The maximum Gasteiger partial charge on any atom is 0.336 e. The molecular formula is C24H32O8. The standard InChI is InChI=1S/C24H32O8/c1-12(2)8-17(26)30-15-9-23(5)16(31-21(27)13(3)10-25)6-7-24(11-29-24)20(23)19-18(15)14(4)22(28)32-19/h12,15-16,18-20,25H,3-4,6-11H2,1-2,5H3. The molecule has 0 aromatic rings. The highest BCUT2D eigenvalue weighted by molar-refractivity contribution is 5.91. The van der Waals surface area contributed by atoms with Gasteiger partial charge in [0.1, 0.15) is 18.3 Å². The van der Waals surface area contributed by atoms with E-state index in [1.807, 2.05) is 20.8 Å². The minimum atomic E-state index is -0.672. The van der Waals surface area contributed by atoms with Crippen LogP contribution in [0.3, 0.4) is 0 Å². The van der Waals surface area contributed by atoms with Crippen LogP contribution in [0.1, 0.15) is 46.5 Å². The van der Waals surface area contributed by atoms with Crippen LogP contribution in [0.15, 0.2) is 24.3 Å². The van der Waals surface area contributed by atoms with E-state index in [9.17, 15) is 19.5 Å². The second-order valence-corrected chi connectivity index (χ2v) is 10.3. The predicted molar refractivity (Wildman–Crippen MR) is 112 cm³/mol. The number of hydrogen-bond donors (Lipinski definition) is 1. The molecule has 8 heteroatoms. The number of epoxide rings is 1. The van der Waals surface area contributed by atoms with Crippen molar-refractivity contribution >= 4 is 17.9 Å². The van der Waals surface area contributed by atoms with Crippen molar-refractivity contribution in [2.24, 2.45) is 23.2 Å². The van der Waals surface area contributed by atoms with Crippen molar-refractivity contribution in [2.75, 3.05) is 13.2 Å². The lowest BCUT2D eigenvalue weighted by molar-refractivity contribution is -0.209. The third-order valence-corrected chi connectivity index (χ3v) is 7.58. The maximum absolute atomic E-state index is 12.6. The SMILES string of the molecule is C=C(CO)C(=O)OC1CCC2(CO2)C2C3OC(=O)C(=C)C3C(OC(=O)CC(C)C)CC12C. The molecule has 2 saturated carbocycles. The Balaban J connectivity index is 1.68. The van der Waals surface area contributed by atoms with E-state index in [0.717, 1.165) is 0 Å². The number of ether oxygens (including phenoxy) is 4. The quantitative estimate of drug-likeness (QED) is 0.285. The largest absolute Gasteiger partial charge is 0.462 e. The van der Waals surface area contributed by atoms with Crippen LogP contribution < -0.4 is 0 Å². The van der Waals surface area contributed by atoms with E-state index in [1.54, 1.807) is 0 Å². The molecule has 0 aromatic heterocycles. The molecule has 1 N–H and O–H groups in total. The Morgan fingerprint density at radius 2 is 2.00 bits per heavy atom. The normalized spacial score (nSPS) is 39.8. The summed E-state index contributed by atoms with van der Waals surface area (Å²) in [5, 5.41) is 9.27. The Kier molecular flexibility index (Phi) is 5.74. The molecule has 176 valence electrons. The summed E-state index contributed by atoms with van der Waals surface area (Å²) in [5.74, 6) is -2.05. The summed E-state index contributed by atoms with van der Waals surface area (Å²) < 4.78 is 23.4. The molecule has 2 aliphatic carbocycles. The molecule has 0 radical (unpaired) electrons. The van der Waals surface area contributed by atoms with Gasteiger partial charge in [0.05, 0.1) is 30.3 Å². The summed E-state index contributed by atoms with van der Waals surface area (Å²) in [6.07, 6.45) is 0.124. The fourth-order valence-corrected chi connectivity index (χ4v) is 6.03. The van der Waals surface area contributed by atoms with Crippen LogP contribution in [0.25, 0.3) is 0 Å². The van der Waals surface area contributed by atoms with E-state index in [1.165, 1.54) is 0 Å². The highest BCUT2D eigenvalue weighted by Crippen LogP contribution is 2.64. The van der Waals surface area contributed by atoms with Gasteiger partial charge in [-0.2, -0.15) is 0 Å². The Labute approximate surface area is 187 Å². The number of hydrogen-bond acceptors (Lipinski definition) is 8. The van der Waals surface area contributed by atoms with E-state index >= 15 is 0 Å². The second kappa shape index (κ2) is 7.99. The molecule has 0 bridgehead atoms. The second-order valence-electron chi connectivity index (χ2n) is 10.3. The van der Waals surface area contributed by atoms with Crippen LogP contribution in [-0.4, -0.2) is 60.1 Å². The van der Waals surface area contributed by atoms with E-state index in [0.29, 0.717) is 31.4 Å². The summed E-state index contributed by atoms with van der Waals surface area (Å²) in [4.78, 5) is 37.5. The minimum absolute atomic E-state index is 0.0256.